The molecule has 2 aromatic carbocycles. The Labute approximate surface area is 173 Å². The molecule has 0 amide bonds. The Bertz CT molecular complexity index is 1360. The summed E-state index contributed by atoms with van der Waals surface area (Å²) in [6.07, 6.45) is 1.33. The maximum absolute atomic E-state index is 13.3. The molecule has 0 N–H and O–H groups in total. The Morgan fingerprint density at radius 2 is 1.83 bits per heavy atom. The number of benzene rings is 2. The number of hydrogen-bond acceptors (Lipinski definition) is 6. The molecule has 2 heterocycles. The van der Waals surface area contributed by atoms with Gasteiger partial charge >= 0.3 is 5.97 Å². The third kappa shape index (κ3) is 3.19. The van der Waals surface area contributed by atoms with Crippen molar-refractivity contribution in [2.45, 2.75) is 18.7 Å². The van der Waals surface area contributed by atoms with Gasteiger partial charge in [-0.2, -0.15) is 0 Å². The molecule has 0 unspecified atom stereocenters. The molecule has 0 saturated heterocycles. The zero-order valence-corrected chi connectivity index (χ0v) is 17.6. The van der Waals surface area contributed by atoms with Crippen molar-refractivity contribution in [1.82, 2.24) is 4.98 Å². The molecule has 2 aromatic heterocycles. The number of carbonyl (C=O) groups is 1. The van der Waals surface area contributed by atoms with Gasteiger partial charge in [0.2, 0.25) is 0 Å². The molecule has 0 radical (unpaired) electrons. The quantitative estimate of drug-likeness (QED) is 0.444. The van der Waals surface area contributed by atoms with E-state index >= 15 is 0 Å². The number of anilines is 1. The van der Waals surface area contributed by atoms with Crippen LogP contribution in [0.1, 0.15) is 22.8 Å². The van der Waals surface area contributed by atoms with Gasteiger partial charge in [0, 0.05) is 18.6 Å². The van der Waals surface area contributed by atoms with Crippen molar-refractivity contribution in [3.8, 4) is 0 Å². The first-order chi connectivity index (χ1) is 14.3. The van der Waals surface area contributed by atoms with Crippen molar-refractivity contribution in [3.05, 3.63) is 65.9 Å². The number of pyridine rings is 1. The second-order valence-corrected chi connectivity index (χ2v) is 8.77. The fourth-order valence-electron chi connectivity index (χ4n) is 3.29. The highest BCUT2D eigenvalue weighted by Gasteiger charge is 2.30. The first-order valence-corrected chi connectivity index (χ1v) is 10.8. The number of fused-ring (bicyclic) bond motifs is 3. The highest BCUT2D eigenvalue weighted by atomic mass is 32.2. The lowest BCUT2D eigenvalue weighted by Gasteiger charge is -2.21. The van der Waals surface area contributed by atoms with E-state index in [0.29, 0.717) is 11.1 Å². The highest BCUT2D eigenvalue weighted by molar-refractivity contribution is 7.92. The summed E-state index contributed by atoms with van der Waals surface area (Å²) >= 11 is 0. The molecule has 4 rings (SSSR count). The third-order valence-electron chi connectivity index (χ3n) is 4.85. The van der Waals surface area contributed by atoms with Crippen LogP contribution in [0.15, 0.2) is 64.0 Å². The van der Waals surface area contributed by atoms with E-state index < -0.39 is 16.0 Å². The summed E-state index contributed by atoms with van der Waals surface area (Å²) in [5.41, 5.74) is 2.27. The minimum absolute atomic E-state index is 0.0154. The van der Waals surface area contributed by atoms with Crippen molar-refractivity contribution < 1.29 is 22.4 Å². The monoisotopic (exact) mass is 424 g/mol. The van der Waals surface area contributed by atoms with Crippen LogP contribution in [0.25, 0.3) is 22.1 Å². The summed E-state index contributed by atoms with van der Waals surface area (Å²) < 4.78 is 38.8. The van der Waals surface area contributed by atoms with Crippen molar-refractivity contribution in [1.29, 1.82) is 0 Å². The van der Waals surface area contributed by atoms with Crippen molar-refractivity contribution in [2.75, 3.05) is 18.0 Å². The number of aromatic nitrogens is 1. The zero-order valence-electron chi connectivity index (χ0n) is 16.7. The second-order valence-electron chi connectivity index (χ2n) is 6.80. The van der Waals surface area contributed by atoms with Gasteiger partial charge in [-0.3, -0.25) is 9.29 Å². The SMILES string of the molecule is CCOC(=O)c1cnc2c(oc3ccccc32)c1N(C)S(=O)(=O)c1ccc(C)cc1. The van der Waals surface area contributed by atoms with Crippen LogP contribution in [-0.2, 0) is 14.8 Å². The van der Waals surface area contributed by atoms with Gasteiger partial charge in [0.05, 0.1) is 11.5 Å². The van der Waals surface area contributed by atoms with Crippen LogP contribution in [0.4, 0.5) is 5.69 Å². The highest BCUT2D eigenvalue weighted by Crippen LogP contribution is 2.38. The fourth-order valence-corrected chi connectivity index (χ4v) is 4.51. The van der Waals surface area contributed by atoms with Gasteiger partial charge in [0.25, 0.3) is 10.0 Å². The smallest absolute Gasteiger partial charge is 0.342 e. The lowest BCUT2D eigenvalue weighted by Crippen LogP contribution is -2.28. The number of aryl methyl sites for hydroxylation is 1. The lowest BCUT2D eigenvalue weighted by molar-refractivity contribution is 0.0527. The van der Waals surface area contributed by atoms with Crippen molar-refractivity contribution in [2.24, 2.45) is 0 Å². The average molecular weight is 424 g/mol. The number of furan rings is 1. The number of ether oxygens (including phenoxy) is 1. The van der Waals surface area contributed by atoms with E-state index in [4.69, 9.17) is 9.15 Å². The van der Waals surface area contributed by atoms with E-state index in [1.807, 2.05) is 25.1 Å². The Balaban J connectivity index is 1.99. The van der Waals surface area contributed by atoms with E-state index in [2.05, 4.69) is 4.98 Å². The Kier molecular flexibility index (Phi) is 4.95. The molecule has 0 aliphatic rings. The molecule has 0 bridgehead atoms. The largest absolute Gasteiger partial charge is 0.462 e. The van der Waals surface area contributed by atoms with Gasteiger partial charge in [-0.05, 0) is 38.1 Å². The predicted octanol–water partition coefficient (Wildman–Crippen LogP) is 4.29. The van der Waals surface area contributed by atoms with E-state index in [1.165, 1.54) is 25.4 Å². The van der Waals surface area contributed by atoms with Gasteiger partial charge in [-0.25, -0.2) is 13.2 Å². The number of rotatable bonds is 5. The van der Waals surface area contributed by atoms with Gasteiger partial charge in [-0.15, -0.1) is 0 Å². The molecule has 0 aliphatic carbocycles. The number of carbonyl (C=O) groups excluding carboxylic acids is 1. The molecule has 0 atom stereocenters. The number of nitrogens with zero attached hydrogens (tertiary/aromatic N) is 2. The Morgan fingerprint density at radius 3 is 2.53 bits per heavy atom. The number of esters is 1. The average Bonchev–Trinajstić information content (AvgIpc) is 3.11. The zero-order chi connectivity index (χ0) is 21.5. The molecule has 0 aliphatic heterocycles. The molecular formula is C22H20N2O5S. The van der Waals surface area contributed by atoms with Gasteiger partial charge in [-0.1, -0.05) is 29.8 Å². The normalized spacial score (nSPS) is 11.7. The molecule has 30 heavy (non-hydrogen) atoms. The number of sulfonamides is 1. The molecule has 4 aromatic rings. The minimum Gasteiger partial charge on any atom is -0.462 e. The van der Waals surface area contributed by atoms with Crippen LogP contribution in [0.5, 0.6) is 0 Å². The molecule has 8 heteroatoms. The molecule has 0 fully saturated rings. The van der Waals surface area contributed by atoms with Crippen LogP contribution in [0.2, 0.25) is 0 Å². The summed E-state index contributed by atoms with van der Waals surface area (Å²) in [6, 6.07) is 13.7. The van der Waals surface area contributed by atoms with E-state index in [9.17, 15) is 13.2 Å². The minimum atomic E-state index is -3.97. The number of hydrogen-bond donors (Lipinski definition) is 0. The van der Waals surface area contributed by atoms with Crippen LogP contribution in [0, 0.1) is 6.92 Å². The summed E-state index contributed by atoms with van der Waals surface area (Å²) in [5, 5.41) is 0.727. The summed E-state index contributed by atoms with van der Waals surface area (Å²) in [5.74, 6) is -0.673. The Morgan fingerprint density at radius 1 is 1.13 bits per heavy atom. The maximum Gasteiger partial charge on any atom is 0.342 e. The van der Waals surface area contributed by atoms with Crippen LogP contribution in [0.3, 0.4) is 0 Å². The Hall–Kier alpha value is -3.39. The van der Waals surface area contributed by atoms with Crippen molar-refractivity contribution >= 4 is 43.7 Å². The summed E-state index contributed by atoms with van der Waals surface area (Å²) in [6.45, 7) is 3.70. The summed E-state index contributed by atoms with van der Waals surface area (Å²) in [4.78, 5) is 17.1. The molecular weight excluding hydrogens is 404 g/mol. The first kappa shape index (κ1) is 19.9. The van der Waals surface area contributed by atoms with E-state index in [-0.39, 0.29) is 28.3 Å². The topological polar surface area (TPSA) is 89.7 Å². The van der Waals surface area contributed by atoms with E-state index in [0.717, 1.165) is 15.3 Å². The van der Waals surface area contributed by atoms with E-state index in [1.54, 1.807) is 25.1 Å². The third-order valence-corrected chi connectivity index (χ3v) is 6.62. The second kappa shape index (κ2) is 7.46. The van der Waals surface area contributed by atoms with Gasteiger partial charge in [0.1, 0.15) is 22.4 Å². The van der Waals surface area contributed by atoms with Crippen LogP contribution < -0.4 is 4.31 Å². The number of para-hydroxylation sites is 1. The molecule has 7 nitrogen and oxygen atoms in total. The summed E-state index contributed by atoms with van der Waals surface area (Å²) in [7, 11) is -2.58. The molecule has 154 valence electrons. The van der Waals surface area contributed by atoms with Crippen molar-refractivity contribution in [3.63, 3.8) is 0 Å². The molecule has 0 saturated carbocycles. The van der Waals surface area contributed by atoms with Gasteiger partial charge in [0.15, 0.2) is 5.58 Å². The standard InChI is InChI=1S/C22H20N2O5S/c1-4-28-22(25)17-13-23-19-16-7-5-6-8-18(16)29-21(19)20(17)24(3)30(26,27)15-11-9-14(2)10-12-15/h5-13H,4H2,1-3H3. The maximum atomic E-state index is 13.3. The molecule has 0 spiro atoms. The van der Waals surface area contributed by atoms with Crippen LogP contribution >= 0.6 is 0 Å². The fraction of sp³-hybridized carbons (Fsp3) is 0.182. The first-order valence-electron chi connectivity index (χ1n) is 9.37. The predicted molar refractivity (Wildman–Crippen MR) is 114 cm³/mol. The van der Waals surface area contributed by atoms with Crippen LogP contribution in [-0.4, -0.2) is 33.0 Å². The van der Waals surface area contributed by atoms with Gasteiger partial charge < -0.3 is 9.15 Å². The lowest BCUT2D eigenvalue weighted by atomic mass is 10.1.